The van der Waals surface area contributed by atoms with E-state index in [1.807, 2.05) is 13.8 Å². The molecular weight excluding hydrogens is 258 g/mol. The summed E-state index contributed by atoms with van der Waals surface area (Å²) in [5.41, 5.74) is -0.430. The normalized spacial score (nSPS) is 28.8. The molecule has 2 fully saturated rings. The number of nitriles is 1. The van der Waals surface area contributed by atoms with Crippen LogP contribution in [0.4, 0.5) is 0 Å². The molecule has 6 heteroatoms. The Balaban J connectivity index is 1.87. The van der Waals surface area contributed by atoms with E-state index in [0.29, 0.717) is 19.5 Å². The van der Waals surface area contributed by atoms with E-state index in [0.717, 1.165) is 19.6 Å². The van der Waals surface area contributed by atoms with Crippen LogP contribution in [-0.4, -0.2) is 59.5 Å². The first-order valence-electron chi connectivity index (χ1n) is 7.00. The molecule has 20 heavy (non-hydrogen) atoms. The highest BCUT2D eigenvalue weighted by atomic mass is 16.4. The van der Waals surface area contributed by atoms with Crippen LogP contribution >= 0.6 is 0 Å². The van der Waals surface area contributed by atoms with Gasteiger partial charge in [-0.3, -0.25) is 14.5 Å². The Morgan fingerprint density at radius 1 is 1.25 bits per heavy atom. The third kappa shape index (κ3) is 2.63. The zero-order valence-electron chi connectivity index (χ0n) is 12.0. The molecule has 2 rings (SSSR count). The minimum absolute atomic E-state index is 0.0256. The predicted molar refractivity (Wildman–Crippen MR) is 71.6 cm³/mol. The average molecular weight is 279 g/mol. The highest BCUT2D eigenvalue weighted by Gasteiger charge is 2.66. The molecule has 1 heterocycles. The molecule has 0 radical (unpaired) electrons. The number of hydrogen-bond acceptors (Lipinski definition) is 4. The summed E-state index contributed by atoms with van der Waals surface area (Å²) in [5, 5.41) is 17.7. The van der Waals surface area contributed by atoms with Gasteiger partial charge in [0.1, 0.15) is 0 Å². The van der Waals surface area contributed by atoms with Crippen molar-refractivity contribution in [2.75, 3.05) is 32.7 Å². The number of carbonyl (C=O) groups is 2. The first-order chi connectivity index (χ1) is 9.39. The van der Waals surface area contributed by atoms with Gasteiger partial charge in [0.15, 0.2) is 0 Å². The van der Waals surface area contributed by atoms with Crippen LogP contribution in [0.3, 0.4) is 0 Å². The molecule has 1 saturated heterocycles. The lowest BCUT2D eigenvalue weighted by molar-refractivity contribution is -0.142. The molecule has 2 unspecified atom stereocenters. The van der Waals surface area contributed by atoms with Crippen molar-refractivity contribution in [3.63, 3.8) is 0 Å². The quantitative estimate of drug-likeness (QED) is 0.805. The predicted octanol–water partition coefficient (Wildman–Crippen LogP) is 0.401. The van der Waals surface area contributed by atoms with Crippen LogP contribution < -0.4 is 0 Å². The molecule has 1 amide bonds. The molecular formula is C14H21N3O3. The standard InChI is InChI=1S/C14H21N3O3/c1-14(2)10(11(14)13(19)20)12(18)17-8-6-16(7-9-17)5-3-4-15/h10-11H,3,5-9H2,1-2H3,(H,19,20). The molecule has 110 valence electrons. The lowest BCUT2D eigenvalue weighted by atomic mass is 10.1. The van der Waals surface area contributed by atoms with Crippen molar-refractivity contribution in [2.24, 2.45) is 17.3 Å². The zero-order chi connectivity index (χ0) is 14.9. The largest absolute Gasteiger partial charge is 0.481 e. The second kappa shape index (κ2) is 5.41. The lowest BCUT2D eigenvalue weighted by Crippen LogP contribution is -2.49. The summed E-state index contributed by atoms with van der Waals surface area (Å²) in [7, 11) is 0. The minimum atomic E-state index is -0.874. The van der Waals surface area contributed by atoms with Crippen molar-refractivity contribution in [1.82, 2.24) is 9.80 Å². The van der Waals surface area contributed by atoms with Gasteiger partial charge in [-0.05, 0) is 5.41 Å². The van der Waals surface area contributed by atoms with E-state index in [2.05, 4.69) is 11.0 Å². The number of hydrogen-bond donors (Lipinski definition) is 1. The Bertz CT molecular complexity index is 447. The summed E-state index contributed by atoms with van der Waals surface area (Å²) in [4.78, 5) is 27.5. The maximum absolute atomic E-state index is 12.4. The maximum Gasteiger partial charge on any atom is 0.307 e. The maximum atomic E-state index is 12.4. The number of aliphatic carboxylic acids is 1. The molecule has 0 bridgehead atoms. The van der Waals surface area contributed by atoms with Gasteiger partial charge in [-0.1, -0.05) is 13.8 Å². The van der Waals surface area contributed by atoms with Crippen molar-refractivity contribution >= 4 is 11.9 Å². The molecule has 1 aliphatic heterocycles. The van der Waals surface area contributed by atoms with Gasteiger partial charge in [-0.15, -0.1) is 0 Å². The number of amides is 1. The molecule has 1 saturated carbocycles. The van der Waals surface area contributed by atoms with Crippen LogP contribution in [-0.2, 0) is 9.59 Å². The van der Waals surface area contributed by atoms with E-state index < -0.39 is 17.3 Å². The zero-order valence-corrected chi connectivity index (χ0v) is 12.0. The van der Waals surface area contributed by atoms with Crippen molar-refractivity contribution in [2.45, 2.75) is 20.3 Å². The Morgan fingerprint density at radius 3 is 2.30 bits per heavy atom. The number of carboxylic acid groups (broad SMARTS) is 1. The Kier molecular flexibility index (Phi) is 4.00. The molecule has 2 atom stereocenters. The van der Waals surface area contributed by atoms with Gasteiger partial charge in [0.05, 0.1) is 17.9 Å². The molecule has 0 aromatic rings. The van der Waals surface area contributed by atoms with Gasteiger partial charge < -0.3 is 10.0 Å². The Hall–Kier alpha value is -1.61. The van der Waals surface area contributed by atoms with Crippen molar-refractivity contribution in [1.29, 1.82) is 5.26 Å². The van der Waals surface area contributed by atoms with Gasteiger partial charge in [0, 0.05) is 39.1 Å². The molecule has 0 spiro atoms. The Morgan fingerprint density at radius 2 is 1.85 bits per heavy atom. The van der Waals surface area contributed by atoms with Crippen molar-refractivity contribution in [3.8, 4) is 6.07 Å². The number of carbonyl (C=O) groups excluding carboxylic acids is 1. The monoisotopic (exact) mass is 279 g/mol. The van der Waals surface area contributed by atoms with Gasteiger partial charge in [-0.2, -0.15) is 5.26 Å². The van der Waals surface area contributed by atoms with Gasteiger partial charge in [0.2, 0.25) is 5.91 Å². The summed E-state index contributed by atoms with van der Waals surface area (Å²) in [5.74, 6) is -1.83. The fourth-order valence-corrected chi connectivity index (χ4v) is 3.16. The van der Waals surface area contributed by atoms with E-state index in [4.69, 9.17) is 10.4 Å². The fourth-order valence-electron chi connectivity index (χ4n) is 3.16. The number of carboxylic acids is 1. The lowest BCUT2D eigenvalue weighted by Gasteiger charge is -2.34. The van der Waals surface area contributed by atoms with Crippen LogP contribution in [0.1, 0.15) is 20.3 Å². The third-order valence-corrected chi connectivity index (χ3v) is 4.58. The summed E-state index contributed by atoms with van der Waals surface area (Å²) in [6, 6.07) is 2.12. The van der Waals surface area contributed by atoms with Gasteiger partial charge >= 0.3 is 5.97 Å². The second-order valence-electron chi connectivity index (χ2n) is 6.19. The number of rotatable bonds is 4. The minimum Gasteiger partial charge on any atom is -0.481 e. The van der Waals surface area contributed by atoms with Crippen LogP contribution in [0.2, 0.25) is 0 Å². The molecule has 1 N–H and O–H groups in total. The SMILES string of the molecule is CC1(C)C(C(=O)O)C1C(=O)N1CCN(CCC#N)CC1. The summed E-state index contributed by atoms with van der Waals surface area (Å²) in [6.07, 6.45) is 0.505. The second-order valence-corrected chi connectivity index (χ2v) is 6.19. The van der Waals surface area contributed by atoms with Crippen LogP contribution in [0.25, 0.3) is 0 Å². The van der Waals surface area contributed by atoms with E-state index >= 15 is 0 Å². The van der Waals surface area contributed by atoms with Crippen LogP contribution in [0, 0.1) is 28.6 Å². The Labute approximate surface area is 119 Å². The summed E-state index contributed by atoms with van der Waals surface area (Å²) < 4.78 is 0. The van der Waals surface area contributed by atoms with E-state index in [-0.39, 0.29) is 11.8 Å². The highest BCUT2D eigenvalue weighted by Crippen LogP contribution is 2.59. The van der Waals surface area contributed by atoms with E-state index in [1.165, 1.54) is 0 Å². The molecule has 0 aromatic heterocycles. The number of nitrogens with zero attached hydrogens (tertiary/aromatic N) is 3. The summed E-state index contributed by atoms with van der Waals surface area (Å²) in [6.45, 7) is 7.21. The van der Waals surface area contributed by atoms with E-state index in [9.17, 15) is 9.59 Å². The molecule has 0 aromatic carbocycles. The summed E-state index contributed by atoms with van der Waals surface area (Å²) >= 11 is 0. The van der Waals surface area contributed by atoms with Crippen molar-refractivity contribution in [3.05, 3.63) is 0 Å². The molecule has 6 nitrogen and oxygen atoms in total. The van der Waals surface area contributed by atoms with E-state index in [1.54, 1.807) is 4.90 Å². The van der Waals surface area contributed by atoms with Crippen LogP contribution in [0.5, 0.6) is 0 Å². The average Bonchev–Trinajstić information content (AvgIpc) is 2.99. The first kappa shape index (κ1) is 14.8. The topological polar surface area (TPSA) is 84.6 Å². The van der Waals surface area contributed by atoms with Crippen LogP contribution in [0.15, 0.2) is 0 Å². The molecule has 2 aliphatic rings. The smallest absolute Gasteiger partial charge is 0.307 e. The number of piperazine rings is 1. The van der Waals surface area contributed by atoms with Gasteiger partial charge in [-0.25, -0.2) is 0 Å². The third-order valence-electron chi connectivity index (χ3n) is 4.58. The van der Waals surface area contributed by atoms with Gasteiger partial charge in [0.25, 0.3) is 0 Å². The first-order valence-corrected chi connectivity index (χ1v) is 7.00. The molecule has 1 aliphatic carbocycles. The fraction of sp³-hybridized carbons (Fsp3) is 0.786. The van der Waals surface area contributed by atoms with Crippen molar-refractivity contribution < 1.29 is 14.7 Å². The highest BCUT2D eigenvalue weighted by molar-refractivity contribution is 5.91.